The molecule has 1 amide bonds. The van der Waals surface area contributed by atoms with Gasteiger partial charge in [0.05, 0.1) is 30.6 Å². The Labute approximate surface area is 181 Å². The van der Waals surface area contributed by atoms with Gasteiger partial charge in [-0.2, -0.15) is 5.10 Å². The molecule has 0 unspecified atom stereocenters. The molecule has 2 heterocycles. The molecule has 1 aliphatic carbocycles. The van der Waals surface area contributed by atoms with Gasteiger partial charge in [-0.3, -0.25) is 4.79 Å². The highest BCUT2D eigenvalue weighted by atomic mass is 16.5. The largest absolute Gasteiger partial charge is 0.493 e. The van der Waals surface area contributed by atoms with Crippen LogP contribution in [-0.2, 0) is 6.61 Å². The Morgan fingerprint density at radius 3 is 2.71 bits per heavy atom. The molecule has 3 aromatic rings. The summed E-state index contributed by atoms with van der Waals surface area (Å²) in [4.78, 5) is 12.9. The number of anilines is 1. The van der Waals surface area contributed by atoms with E-state index >= 15 is 0 Å². The first-order chi connectivity index (χ1) is 15.1. The van der Waals surface area contributed by atoms with Crippen LogP contribution in [0.3, 0.4) is 0 Å². The van der Waals surface area contributed by atoms with Gasteiger partial charge in [-0.25, -0.2) is 4.68 Å². The second kappa shape index (κ2) is 9.24. The van der Waals surface area contributed by atoms with Crippen LogP contribution in [0.5, 0.6) is 11.5 Å². The minimum atomic E-state index is -0.215. The minimum absolute atomic E-state index is 0.215. The van der Waals surface area contributed by atoms with Gasteiger partial charge in [0.15, 0.2) is 11.5 Å². The Balaban J connectivity index is 1.46. The van der Waals surface area contributed by atoms with Crippen LogP contribution >= 0.6 is 0 Å². The van der Waals surface area contributed by atoms with Gasteiger partial charge < -0.3 is 19.3 Å². The molecule has 1 saturated carbocycles. The van der Waals surface area contributed by atoms with Crippen molar-refractivity contribution >= 4 is 11.7 Å². The first kappa shape index (κ1) is 21.0. The molecule has 2 aromatic heterocycles. The number of benzene rings is 1. The monoisotopic (exact) mass is 424 g/mol. The molecule has 1 fully saturated rings. The van der Waals surface area contributed by atoms with Crippen molar-refractivity contribution in [3.63, 3.8) is 0 Å². The smallest absolute Gasteiger partial charge is 0.256 e. The fourth-order valence-electron chi connectivity index (χ4n) is 4.00. The van der Waals surface area contributed by atoms with Crippen molar-refractivity contribution < 1.29 is 18.8 Å². The van der Waals surface area contributed by atoms with Crippen LogP contribution in [0.4, 0.5) is 5.82 Å². The van der Waals surface area contributed by atoms with Crippen molar-refractivity contribution in [3.05, 3.63) is 53.0 Å². The summed E-state index contributed by atoms with van der Waals surface area (Å²) in [6, 6.07) is 7.32. The van der Waals surface area contributed by atoms with Crippen LogP contribution in [0.1, 0.15) is 65.5 Å². The Morgan fingerprint density at radius 2 is 2.00 bits per heavy atom. The summed E-state index contributed by atoms with van der Waals surface area (Å²) in [6.07, 6.45) is 7.58. The van der Waals surface area contributed by atoms with E-state index in [1.165, 1.54) is 19.3 Å². The van der Waals surface area contributed by atoms with Crippen molar-refractivity contribution in [1.82, 2.24) is 14.9 Å². The maximum atomic E-state index is 12.9. The van der Waals surface area contributed by atoms with Crippen LogP contribution in [0, 0.1) is 13.8 Å². The fraction of sp³-hybridized carbons (Fsp3) is 0.435. The third kappa shape index (κ3) is 4.57. The Kier molecular flexibility index (Phi) is 6.25. The van der Waals surface area contributed by atoms with E-state index in [4.69, 9.17) is 14.0 Å². The molecule has 31 heavy (non-hydrogen) atoms. The van der Waals surface area contributed by atoms with E-state index in [9.17, 15) is 4.79 Å². The number of carbonyl (C=O) groups excluding carboxylic acids is 1. The highest BCUT2D eigenvalue weighted by molar-refractivity contribution is 6.04. The zero-order valence-electron chi connectivity index (χ0n) is 18.2. The summed E-state index contributed by atoms with van der Waals surface area (Å²) in [7, 11) is 1.55. The van der Waals surface area contributed by atoms with Crippen molar-refractivity contribution in [2.24, 2.45) is 0 Å². The average Bonchev–Trinajstić information content (AvgIpc) is 3.38. The molecule has 4 rings (SSSR count). The molecule has 0 spiro atoms. The number of carbonyl (C=O) groups is 1. The molecule has 8 nitrogen and oxygen atoms in total. The lowest BCUT2D eigenvalue weighted by atomic mass is 9.96. The number of nitrogens with one attached hydrogen (secondary N) is 1. The summed E-state index contributed by atoms with van der Waals surface area (Å²) in [5.74, 6) is 2.26. The Hall–Kier alpha value is -3.29. The van der Waals surface area contributed by atoms with Gasteiger partial charge in [0.25, 0.3) is 5.91 Å². The maximum absolute atomic E-state index is 12.9. The molecule has 1 aliphatic rings. The van der Waals surface area contributed by atoms with Crippen molar-refractivity contribution in [1.29, 1.82) is 0 Å². The molecule has 0 aliphatic heterocycles. The predicted molar refractivity (Wildman–Crippen MR) is 116 cm³/mol. The van der Waals surface area contributed by atoms with E-state index in [0.29, 0.717) is 29.7 Å². The minimum Gasteiger partial charge on any atom is -0.493 e. The number of hydrogen-bond acceptors (Lipinski definition) is 6. The van der Waals surface area contributed by atoms with Crippen molar-refractivity contribution in [2.45, 2.75) is 58.6 Å². The van der Waals surface area contributed by atoms with E-state index in [2.05, 4.69) is 15.6 Å². The normalized spacial score (nSPS) is 14.4. The fourth-order valence-corrected chi connectivity index (χ4v) is 4.00. The molecule has 0 saturated heterocycles. The number of amides is 1. The van der Waals surface area contributed by atoms with Gasteiger partial charge in [0, 0.05) is 11.6 Å². The summed E-state index contributed by atoms with van der Waals surface area (Å²) >= 11 is 0. The molecular formula is C23H28N4O4. The molecule has 0 bridgehead atoms. The topological polar surface area (TPSA) is 91.4 Å². The number of ether oxygens (including phenoxy) is 2. The average molecular weight is 425 g/mol. The summed E-state index contributed by atoms with van der Waals surface area (Å²) in [5.41, 5.74) is 2.18. The van der Waals surface area contributed by atoms with Gasteiger partial charge in [-0.05, 0) is 44.9 Å². The standard InChI is InChI=1S/C23H28N4O4/c1-15-19(16(2)31-26-15)14-30-20-10-9-17(13-21(20)29-3)23(28)25-22-11-12-24-27(22)18-7-5-4-6-8-18/h9-13,18H,4-8,14H2,1-3H3,(H,25,28). The van der Waals surface area contributed by atoms with Gasteiger partial charge in [-0.1, -0.05) is 24.4 Å². The highest BCUT2D eigenvalue weighted by Crippen LogP contribution is 2.32. The molecule has 164 valence electrons. The first-order valence-corrected chi connectivity index (χ1v) is 10.6. The SMILES string of the molecule is COc1cc(C(=O)Nc2ccnn2C2CCCCC2)ccc1OCc1c(C)noc1C. The first-order valence-electron chi connectivity index (χ1n) is 10.6. The quantitative estimate of drug-likeness (QED) is 0.584. The van der Waals surface area contributed by atoms with Crippen LogP contribution < -0.4 is 14.8 Å². The molecule has 1 aromatic carbocycles. The molecule has 8 heteroatoms. The lowest BCUT2D eigenvalue weighted by Gasteiger charge is -2.24. The molecular weight excluding hydrogens is 396 g/mol. The number of rotatable bonds is 7. The number of aryl methyl sites for hydroxylation is 2. The van der Waals surface area contributed by atoms with Crippen LogP contribution in [0.15, 0.2) is 35.0 Å². The molecule has 0 radical (unpaired) electrons. The Bertz CT molecular complexity index is 1030. The van der Waals surface area contributed by atoms with E-state index in [0.717, 1.165) is 35.7 Å². The summed E-state index contributed by atoms with van der Waals surface area (Å²) in [6.45, 7) is 4.03. The van der Waals surface area contributed by atoms with Gasteiger partial charge >= 0.3 is 0 Å². The highest BCUT2D eigenvalue weighted by Gasteiger charge is 2.20. The Morgan fingerprint density at radius 1 is 1.19 bits per heavy atom. The zero-order valence-corrected chi connectivity index (χ0v) is 18.2. The third-order valence-corrected chi connectivity index (χ3v) is 5.81. The number of nitrogens with zero attached hydrogens (tertiary/aromatic N) is 3. The van der Waals surface area contributed by atoms with Crippen molar-refractivity contribution in [2.75, 3.05) is 12.4 Å². The number of hydrogen-bond donors (Lipinski definition) is 1. The van der Waals surface area contributed by atoms with Crippen LogP contribution in [-0.4, -0.2) is 28.0 Å². The lowest BCUT2D eigenvalue weighted by molar-refractivity contribution is 0.102. The third-order valence-electron chi connectivity index (χ3n) is 5.81. The van der Waals surface area contributed by atoms with E-state index in [-0.39, 0.29) is 5.91 Å². The summed E-state index contributed by atoms with van der Waals surface area (Å²) in [5, 5.41) is 11.4. The van der Waals surface area contributed by atoms with Gasteiger partial charge in [-0.15, -0.1) is 0 Å². The lowest BCUT2D eigenvalue weighted by Crippen LogP contribution is -2.20. The second-order valence-corrected chi connectivity index (χ2v) is 7.86. The number of aromatic nitrogens is 3. The van der Waals surface area contributed by atoms with Gasteiger partial charge in [0.1, 0.15) is 18.2 Å². The summed E-state index contributed by atoms with van der Waals surface area (Å²) < 4.78 is 18.5. The van der Waals surface area contributed by atoms with Crippen molar-refractivity contribution in [3.8, 4) is 11.5 Å². The van der Waals surface area contributed by atoms with E-state index in [1.807, 2.05) is 24.6 Å². The van der Waals surface area contributed by atoms with E-state index in [1.54, 1.807) is 31.5 Å². The predicted octanol–water partition coefficient (Wildman–Crippen LogP) is 4.83. The zero-order chi connectivity index (χ0) is 21.8. The van der Waals surface area contributed by atoms with E-state index < -0.39 is 0 Å². The van der Waals surface area contributed by atoms with Gasteiger partial charge in [0.2, 0.25) is 0 Å². The molecule has 0 atom stereocenters. The van der Waals surface area contributed by atoms with Crippen LogP contribution in [0.25, 0.3) is 0 Å². The molecule has 1 N–H and O–H groups in total. The second-order valence-electron chi connectivity index (χ2n) is 7.86. The number of methoxy groups -OCH3 is 1. The van der Waals surface area contributed by atoms with Crippen LogP contribution in [0.2, 0.25) is 0 Å². The maximum Gasteiger partial charge on any atom is 0.256 e.